The van der Waals surface area contributed by atoms with Crippen LogP contribution in [-0.2, 0) is 10.2 Å². The molecule has 0 aliphatic heterocycles. The number of benzene rings is 1. The number of esters is 1. The van der Waals surface area contributed by atoms with E-state index in [0.717, 1.165) is 0 Å². The average Bonchev–Trinajstić information content (AvgIpc) is 2.33. The van der Waals surface area contributed by atoms with Crippen molar-refractivity contribution in [1.29, 1.82) is 0 Å². The smallest absolute Gasteiger partial charge is 0.338 e. The molecule has 0 aliphatic rings. The van der Waals surface area contributed by atoms with Crippen LogP contribution in [0.25, 0.3) is 0 Å². The first-order chi connectivity index (χ1) is 8.45. The van der Waals surface area contributed by atoms with Gasteiger partial charge in [0.15, 0.2) is 0 Å². The van der Waals surface area contributed by atoms with E-state index in [0.29, 0.717) is 25.0 Å². The highest BCUT2D eigenvalue weighted by Crippen LogP contribution is 2.22. The van der Waals surface area contributed by atoms with Crippen molar-refractivity contribution in [2.45, 2.75) is 39.0 Å². The fourth-order valence-electron chi connectivity index (χ4n) is 1.57. The number of ether oxygens (including phenoxy) is 1. The van der Waals surface area contributed by atoms with Gasteiger partial charge < -0.3 is 9.84 Å². The molecule has 1 rings (SSSR count). The van der Waals surface area contributed by atoms with E-state index in [-0.39, 0.29) is 18.0 Å². The molecule has 1 aromatic rings. The van der Waals surface area contributed by atoms with Crippen LogP contribution in [0.1, 0.15) is 49.5 Å². The molecule has 3 nitrogen and oxygen atoms in total. The lowest BCUT2D eigenvalue weighted by Crippen LogP contribution is -2.12. The molecular weight excluding hydrogens is 228 g/mol. The fraction of sp³-hybridized carbons (Fsp3) is 0.533. The second-order valence-corrected chi connectivity index (χ2v) is 5.39. The molecular formula is C15H22O3. The third-order valence-electron chi connectivity index (χ3n) is 2.77. The van der Waals surface area contributed by atoms with Crippen LogP contribution in [0.5, 0.6) is 0 Å². The number of hydrogen-bond acceptors (Lipinski definition) is 3. The summed E-state index contributed by atoms with van der Waals surface area (Å²) in [6.07, 6.45) is 1.36. The third-order valence-corrected chi connectivity index (χ3v) is 2.77. The van der Waals surface area contributed by atoms with Crippen LogP contribution >= 0.6 is 0 Å². The van der Waals surface area contributed by atoms with Crippen molar-refractivity contribution in [1.82, 2.24) is 0 Å². The standard InChI is InChI=1S/C15H22O3/c1-15(2,3)13-8-6-12(7-9-13)14(17)18-11-5-4-10-16/h6-9,16H,4-5,10-11H2,1-3H3. The zero-order chi connectivity index (χ0) is 13.6. The Kier molecular flexibility index (Phi) is 5.35. The second-order valence-electron chi connectivity index (χ2n) is 5.39. The Morgan fingerprint density at radius 2 is 1.78 bits per heavy atom. The highest BCUT2D eigenvalue weighted by Gasteiger charge is 2.14. The molecule has 0 heterocycles. The molecule has 18 heavy (non-hydrogen) atoms. The van der Waals surface area contributed by atoms with Crippen LogP contribution in [0.2, 0.25) is 0 Å². The quantitative estimate of drug-likeness (QED) is 0.645. The molecule has 1 N–H and O–H groups in total. The lowest BCUT2D eigenvalue weighted by molar-refractivity contribution is 0.0492. The summed E-state index contributed by atoms with van der Waals surface area (Å²) in [5.74, 6) is -0.298. The van der Waals surface area contributed by atoms with E-state index in [1.807, 2.05) is 12.1 Å². The number of hydrogen-bond donors (Lipinski definition) is 1. The van der Waals surface area contributed by atoms with Crippen LogP contribution in [0.15, 0.2) is 24.3 Å². The Morgan fingerprint density at radius 3 is 2.28 bits per heavy atom. The molecule has 100 valence electrons. The van der Waals surface area contributed by atoms with E-state index in [4.69, 9.17) is 9.84 Å². The summed E-state index contributed by atoms with van der Waals surface area (Å²) in [6, 6.07) is 7.53. The van der Waals surface area contributed by atoms with Crippen molar-refractivity contribution in [3.05, 3.63) is 35.4 Å². The van der Waals surface area contributed by atoms with Crippen LogP contribution in [-0.4, -0.2) is 24.3 Å². The molecule has 0 saturated carbocycles. The van der Waals surface area contributed by atoms with Gasteiger partial charge in [-0.1, -0.05) is 32.9 Å². The first kappa shape index (κ1) is 14.7. The van der Waals surface area contributed by atoms with Crippen molar-refractivity contribution >= 4 is 5.97 Å². The molecule has 0 unspecified atom stereocenters. The fourth-order valence-corrected chi connectivity index (χ4v) is 1.57. The Labute approximate surface area is 109 Å². The lowest BCUT2D eigenvalue weighted by Gasteiger charge is -2.18. The van der Waals surface area contributed by atoms with Gasteiger partial charge in [0.25, 0.3) is 0 Å². The molecule has 0 fully saturated rings. The van der Waals surface area contributed by atoms with E-state index < -0.39 is 0 Å². The number of unbranched alkanes of at least 4 members (excludes halogenated alkanes) is 1. The minimum absolute atomic E-state index is 0.0869. The molecule has 3 heteroatoms. The topological polar surface area (TPSA) is 46.5 Å². The van der Waals surface area contributed by atoms with Gasteiger partial charge in [0.05, 0.1) is 12.2 Å². The third kappa shape index (κ3) is 4.49. The summed E-state index contributed by atoms with van der Waals surface area (Å²) in [7, 11) is 0. The van der Waals surface area contributed by atoms with Crippen molar-refractivity contribution in [3.8, 4) is 0 Å². The summed E-state index contributed by atoms with van der Waals surface area (Å²) < 4.78 is 5.11. The highest BCUT2D eigenvalue weighted by atomic mass is 16.5. The van der Waals surface area contributed by atoms with E-state index in [1.54, 1.807) is 12.1 Å². The molecule has 0 aromatic heterocycles. The molecule has 0 spiro atoms. The van der Waals surface area contributed by atoms with Gasteiger partial charge in [0.2, 0.25) is 0 Å². The maximum Gasteiger partial charge on any atom is 0.338 e. The van der Waals surface area contributed by atoms with Gasteiger partial charge >= 0.3 is 5.97 Å². The zero-order valence-electron chi connectivity index (χ0n) is 11.4. The Bertz CT molecular complexity index is 374. The van der Waals surface area contributed by atoms with Gasteiger partial charge in [-0.05, 0) is 36.0 Å². The van der Waals surface area contributed by atoms with E-state index in [9.17, 15) is 4.79 Å². The number of carbonyl (C=O) groups excluding carboxylic acids is 1. The van der Waals surface area contributed by atoms with Gasteiger partial charge in [-0.3, -0.25) is 0 Å². The maximum absolute atomic E-state index is 11.7. The largest absolute Gasteiger partial charge is 0.462 e. The summed E-state index contributed by atoms with van der Waals surface area (Å²) >= 11 is 0. The maximum atomic E-state index is 11.7. The molecule has 0 aliphatic carbocycles. The summed E-state index contributed by atoms with van der Waals surface area (Å²) in [6.45, 7) is 6.90. The predicted octanol–water partition coefficient (Wildman–Crippen LogP) is 2.91. The van der Waals surface area contributed by atoms with Gasteiger partial charge in [0, 0.05) is 6.61 Å². The van der Waals surface area contributed by atoms with Gasteiger partial charge in [-0.15, -0.1) is 0 Å². The first-order valence-electron chi connectivity index (χ1n) is 6.33. The molecule has 0 saturated heterocycles. The molecule has 0 bridgehead atoms. The van der Waals surface area contributed by atoms with Crippen molar-refractivity contribution < 1.29 is 14.6 Å². The SMILES string of the molecule is CC(C)(C)c1ccc(C(=O)OCCCCO)cc1. The number of rotatable bonds is 5. The molecule has 0 amide bonds. The van der Waals surface area contributed by atoms with E-state index >= 15 is 0 Å². The molecule has 0 atom stereocenters. The van der Waals surface area contributed by atoms with Crippen molar-refractivity contribution in [2.24, 2.45) is 0 Å². The van der Waals surface area contributed by atoms with Gasteiger partial charge in [-0.25, -0.2) is 4.79 Å². The van der Waals surface area contributed by atoms with Gasteiger partial charge in [-0.2, -0.15) is 0 Å². The average molecular weight is 250 g/mol. The molecule has 1 aromatic carbocycles. The number of aliphatic hydroxyl groups is 1. The van der Waals surface area contributed by atoms with Crippen LogP contribution in [0, 0.1) is 0 Å². The zero-order valence-corrected chi connectivity index (χ0v) is 11.4. The van der Waals surface area contributed by atoms with Crippen LogP contribution in [0.3, 0.4) is 0 Å². The van der Waals surface area contributed by atoms with E-state index in [1.165, 1.54) is 5.56 Å². The van der Waals surface area contributed by atoms with E-state index in [2.05, 4.69) is 20.8 Å². The monoisotopic (exact) mass is 250 g/mol. The Morgan fingerprint density at radius 1 is 1.17 bits per heavy atom. The lowest BCUT2D eigenvalue weighted by atomic mass is 9.87. The van der Waals surface area contributed by atoms with Crippen molar-refractivity contribution in [2.75, 3.05) is 13.2 Å². The van der Waals surface area contributed by atoms with Crippen molar-refractivity contribution in [3.63, 3.8) is 0 Å². The molecule has 0 radical (unpaired) electrons. The predicted molar refractivity (Wildman–Crippen MR) is 71.7 cm³/mol. The Hall–Kier alpha value is -1.35. The van der Waals surface area contributed by atoms with Gasteiger partial charge in [0.1, 0.15) is 0 Å². The minimum Gasteiger partial charge on any atom is -0.462 e. The summed E-state index contributed by atoms with van der Waals surface area (Å²) in [5, 5.41) is 8.61. The number of aliphatic hydroxyl groups excluding tert-OH is 1. The minimum atomic E-state index is -0.298. The first-order valence-corrected chi connectivity index (χ1v) is 6.33. The second kappa shape index (κ2) is 6.55. The summed E-state index contributed by atoms with van der Waals surface area (Å²) in [4.78, 5) is 11.7. The Balaban J connectivity index is 2.54. The van der Waals surface area contributed by atoms with Crippen LogP contribution in [0.4, 0.5) is 0 Å². The normalized spacial score (nSPS) is 11.3. The highest BCUT2D eigenvalue weighted by molar-refractivity contribution is 5.89. The van der Waals surface area contributed by atoms with Crippen LogP contribution < -0.4 is 0 Å². The number of carbonyl (C=O) groups is 1. The summed E-state index contributed by atoms with van der Waals surface area (Å²) in [5.41, 5.74) is 1.86.